The van der Waals surface area contributed by atoms with Gasteiger partial charge >= 0.3 is 5.97 Å². The van der Waals surface area contributed by atoms with Gasteiger partial charge in [0.2, 0.25) is 0 Å². The van der Waals surface area contributed by atoms with E-state index in [0.717, 1.165) is 13.1 Å². The van der Waals surface area contributed by atoms with Gasteiger partial charge in [-0.2, -0.15) is 0 Å². The molecule has 1 saturated heterocycles. The Kier molecular flexibility index (Phi) is 4.95. The number of likely N-dealkylation sites (tertiary alicyclic amines) is 1. The van der Waals surface area contributed by atoms with E-state index in [9.17, 15) is 4.79 Å². The van der Waals surface area contributed by atoms with Gasteiger partial charge in [-0.3, -0.25) is 9.69 Å². The molecular formula is C13H26N2O2. The first-order valence-corrected chi connectivity index (χ1v) is 6.45. The molecule has 1 heterocycles. The fourth-order valence-electron chi connectivity index (χ4n) is 2.76. The molecule has 4 nitrogen and oxygen atoms in total. The molecule has 2 atom stereocenters. The summed E-state index contributed by atoms with van der Waals surface area (Å²) in [5.74, 6) is 0.466. The van der Waals surface area contributed by atoms with Crippen LogP contribution in [-0.2, 0) is 9.53 Å². The van der Waals surface area contributed by atoms with Gasteiger partial charge in [-0.05, 0) is 39.2 Å². The van der Waals surface area contributed by atoms with Gasteiger partial charge in [0.25, 0.3) is 0 Å². The number of hydrogen-bond donors (Lipinski definition) is 1. The summed E-state index contributed by atoms with van der Waals surface area (Å²) in [6.45, 7) is 8.54. The number of carbonyl (C=O) groups is 1. The number of hydrogen-bond acceptors (Lipinski definition) is 4. The molecule has 2 N–H and O–H groups in total. The van der Waals surface area contributed by atoms with Crippen LogP contribution in [0.25, 0.3) is 0 Å². The Hall–Kier alpha value is -0.610. The summed E-state index contributed by atoms with van der Waals surface area (Å²) in [6.07, 6.45) is 2.42. The monoisotopic (exact) mass is 242 g/mol. The Morgan fingerprint density at radius 3 is 2.71 bits per heavy atom. The van der Waals surface area contributed by atoms with Gasteiger partial charge in [0.1, 0.15) is 0 Å². The summed E-state index contributed by atoms with van der Waals surface area (Å²) in [5, 5.41) is 0. The molecule has 0 amide bonds. The minimum atomic E-state index is -0.459. The molecule has 1 aliphatic heterocycles. The van der Waals surface area contributed by atoms with Gasteiger partial charge in [0.15, 0.2) is 0 Å². The molecular weight excluding hydrogens is 216 g/mol. The third kappa shape index (κ3) is 3.42. The SMILES string of the molecule is COC(=O)C(C)(C)CN1CCCC(C)C1CN. The van der Waals surface area contributed by atoms with E-state index in [2.05, 4.69) is 11.8 Å². The lowest BCUT2D eigenvalue weighted by Crippen LogP contribution is -2.52. The quantitative estimate of drug-likeness (QED) is 0.754. The zero-order valence-corrected chi connectivity index (χ0v) is 11.5. The number of methoxy groups -OCH3 is 1. The predicted octanol–water partition coefficient (Wildman–Crippen LogP) is 1.24. The topological polar surface area (TPSA) is 55.6 Å². The van der Waals surface area contributed by atoms with Crippen LogP contribution in [-0.4, -0.2) is 43.7 Å². The summed E-state index contributed by atoms with van der Waals surface area (Å²) in [4.78, 5) is 14.1. The van der Waals surface area contributed by atoms with Crippen LogP contribution in [0.1, 0.15) is 33.6 Å². The summed E-state index contributed by atoms with van der Waals surface area (Å²) >= 11 is 0. The highest BCUT2D eigenvalue weighted by Gasteiger charge is 2.36. The molecule has 0 aromatic rings. The number of nitrogens with zero attached hydrogens (tertiary/aromatic N) is 1. The van der Waals surface area contributed by atoms with Crippen LogP contribution in [0.2, 0.25) is 0 Å². The van der Waals surface area contributed by atoms with E-state index < -0.39 is 5.41 Å². The van der Waals surface area contributed by atoms with Crippen LogP contribution in [0.5, 0.6) is 0 Å². The number of esters is 1. The molecule has 4 heteroatoms. The molecule has 1 aliphatic rings. The smallest absolute Gasteiger partial charge is 0.312 e. The average molecular weight is 242 g/mol. The third-order valence-corrected chi connectivity index (χ3v) is 3.81. The molecule has 0 saturated carbocycles. The number of nitrogens with two attached hydrogens (primary N) is 1. The van der Waals surface area contributed by atoms with Gasteiger partial charge in [-0.25, -0.2) is 0 Å². The van der Waals surface area contributed by atoms with E-state index >= 15 is 0 Å². The lowest BCUT2D eigenvalue weighted by atomic mass is 9.86. The Bertz CT molecular complexity index is 266. The molecule has 1 fully saturated rings. The van der Waals surface area contributed by atoms with Gasteiger partial charge in [0.05, 0.1) is 12.5 Å². The first-order chi connectivity index (χ1) is 7.92. The van der Waals surface area contributed by atoms with Gasteiger partial charge < -0.3 is 10.5 Å². The molecule has 0 spiro atoms. The van der Waals surface area contributed by atoms with Crippen molar-refractivity contribution in [2.45, 2.75) is 39.7 Å². The maximum absolute atomic E-state index is 11.7. The molecule has 100 valence electrons. The molecule has 0 aromatic carbocycles. The van der Waals surface area contributed by atoms with Gasteiger partial charge in [-0.15, -0.1) is 0 Å². The van der Waals surface area contributed by atoms with Gasteiger partial charge in [0, 0.05) is 19.1 Å². The molecule has 2 unspecified atom stereocenters. The second-order valence-corrected chi connectivity index (χ2v) is 5.77. The fraction of sp³-hybridized carbons (Fsp3) is 0.923. The molecule has 0 bridgehead atoms. The molecule has 17 heavy (non-hydrogen) atoms. The predicted molar refractivity (Wildman–Crippen MR) is 68.6 cm³/mol. The van der Waals surface area contributed by atoms with Gasteiger partial charge in [-0.1, -0.05) is 6.92 Å². The first kappa shape index (κ1) is 14.5. The molecule has 0 aromatic heterocycles. The van der Waals surface area contributed by atoms with Crippen molar-refractivity contribution in [3.8, 4) is 0 Å². The Labute approximate surface area is 104 Å². The third-order valence-electron chi connectivity index (χ3n) is 3.81. The normalized spacial score (nSPS) is 26.9. The largest absolute Gasteiger partial charge is 0.469 e. The molecule has 0 radical (unpaired) electrons. The Balaban J connectivity index is 2.68. The van der Waals surface area contributed by atoms with E-state index in [1.165, 1.54) is 20.0 Å². The summed E-state index contributed by atoms with van der Waals surface area (Å²) < 4.78 is 4.86. The van der Waals surface area contributed by atoms with Crippen molar-refractivity contribution in [2.24, 2.45) is 17.1 Å². The fourth-order valence-corrected chi connectivity index (χ4v) is 2.76. The highest BCUT2D eigenvalue weighted by molar-refractivity contribution is 5.76. The summed E-state index contributed by atoms with van der Waals surface area (Å²) in [6, 6.07) is 0.396. The van der Waals surface area contributed by atoms with Crippen molar-refractivity contribution in [3.63, 3.8) is 0 Å². The van der Waals surface area contributed by atoms with E-state index in [-0.39, 0.29) is 5.97 Å². The van der Waals surface area contributed by atoms with Crippen LogP contribution in [0, 0.1) is 11.3 Å². The summed E-state index contributed by atoms with van der Waals surface area (Å²) in [5.41, 5.74) is 5.39. The van der Waals surface area contributed by atoms with Crippen molar-refractivity contribution < 1.29 is 9.53 Å². The Morgan fingerprint density at radius 1 is 1.53 bits per heavy atom. The minimum absolute atomic E-state index is 0.147. The van der Waals surface area contributed by atoms with Crippen molar-refractivity contribution in [1.29, 1.82) is 0 Å². The maximum Gasteiger partial charge on any atom is 0.312 e. The number of piperidine rings is 1. The summed E-state index contributed by atoms with van der Waals surface area (Å²) in [7, 11) is 1.45. The highest BCUT2D eigenvalue weighted by Crippen LogP contribution is 2.27. The molecule has 0 aliphatic carbocycles. The van der Waals surface area contributed by atoms with Crippen LogP contribution in [0.4, 0.5) is 0 Å². The van der Waals surface area contributed by atoms with E-state index in [1.807, 2.05) is 13.8 Å². The van der Waals surface area contributed by atoms with Crippen molar-refractivity contribution in [2.75, 3.05) is 26.7 Å². The highest BCUT2D eigenvalue weighted by atomic mass is 16.5. The standard InChI is InChI=1S/C13H26N2O2/c1-10-6-5-7-15(11(10)8-14)9-13(2,3)12(16)17-4/h10-11H,5-9,14H2,1-4H3. The van der Waals surface area contributed by atoms with Crippen molar-refractivity contribution >= 4 is 5.97 Å². The molecule has 1 rings (SSSR count). The van der Waals surface area contributed by atoms with E-state index in [1.54, 1.807) is 0 Å². The first-order valence-electron chi connectivity index (χ1n) is 6.45. The second-order valence-electron chi connectivity index (χ2n) is 5.77. The number of ether oxygens (including phenoxy) is 1. The zero-order chi connectivity index (χ0) is 13.1. The minimum Gasteiger partial charge on any atom is -0.469 e. The van der Waals surface area contributed by atoms with E-state index in [4.69, 9.17) is 10.5 Å². The lowest BCUT2D eigenvalue weighted by Gasteiger charge is -2.42. The van der Waals surface area contributed by atoms with Crippen LogP contribution >= 0.6 is 0 Å². The van der Waals surface area contributed by atoms with E-state index in [0.29, 0.717) is 18.5 Å². The zero-order valence-electron chi connectivity index (χ0n) is 11.5. The Morgan fingerprint density at radius 2 is 2.18 bits per heavy atom. The van der Waals surface area contributed by atoms with Crippen LogP contribution in [0.3, 0.4) is 0 Å². The second kappa shape index (κ2) is 5.83. The van der Waals surface area contributed by atoms with Crippen molar-refractivity contribution in [3.05, 3.63) is 0 Å². The maximum atomic E-state index is 11.7. The van der Waals surface area contributed by atoms with Crippen LogP contribution in [0.15, 0.2) is 0 Å². The lowest BCUT2D eigenvalue weighted by molar-refractivity contribution is -0.152. The number of carbonyl (C=O) groups excluding carboxylic acids is 1. The number of rotatable bonds is 4. The average Bonchev–Trinajstić information content (AvgIpc) is 2.27. The van der Waals surface area contributed by atoms with Crippen LogP contribution < -0.4 is 5.73 Å². The van der Waals surface area contributed by atoms with Crippen molar-refractivity contribution in [1.82, 2.24) is 4.90 Å².